The van der Waals surface area contributed by atoms with Crippen molar-refractivity contribution >= 4 is 22.7 Å². The SMILES string of the molecule is Cn1ncc2c(C3=COC(C(C)(C)C)CN3C(=O)O)cccc21. The molecule has 0 aliphatic carbocycles. The number of hydrogen-bond donors (Lipinski definition) is 1. The summed E-state index contributed by atoms with van der Waals surface area (Å²) in [6, 6.07) is 5.75. The third-order valence-electron chi connectivity index (χ3n) is 4.25. The highest BCUT2D eigenvalue weighted by Crippen LogP contribution is 2.34. The lowest BCUT2D eigenvalue weighted by Gasteiger charge is -2.38. The predicted molar refractivity (Wildman–Crippen MR) is 87.7 cm³/mol. The molecule has 1 unspecified atom stereocenters. The van der Waals surface area contributed by atoms with Gasteiger partial charge >= 0.3 is 6.09 Å². The van der Waals surface area contributed by atoms with Crippen LogP contribution in [-0.4, -0.2) is 38.5 Å². The minimum atomic E-state index is -0.977. The number of carbonyl (C=O) groups is 1. The standard InChI is InChI=1S/C17H21N3O3/c1-17(2,3)15-9-20(16(21)22)14(10-23-15)11-6-5-7-13-12(11)8-18-19(13)4/h5-8,10,15H,9H2,1-4H3,(H,21,22). The van der Waals surface area contributed by atoms with Gasteiger partial charge in [-0.3, -0.25) is 9.58 Å². The minimum Gasteiger partial charge on any atom is -0.493 e. The third-order valence-corrected chi connectivity index (χ3v) is 4.25. The number of carboxylic acid groups (broad SMARTS) is 1. The van der Waals surface area contributed by atoms with Crippen LogP contribution in [0.5, 0.6) is 0 Å². The summed E-state index contributed by atoms with van der Waals surface area (Å²) in [5, 5.41) is 14.8. The number of aromatic nitrogens is 2. The molecule has 0 spiro atoms. The quantitative estimate of drug-likeness (QED) is 0.877. The molecule has 1 N–H and O–H groups in total. The van der Waals surface area contributed by atoms with E-state index < -0.39 is 6.09 Å². The van der Waals surface area contributed by atoms with E-state index >= 15 is 0 Å². The summed E-state index contributed by atoms with van der Waals surface area (Å²) in [4.78, 5) is 13.1. The molecule has 1 atom stereocenters. The highest BCUT2D eigenvalue weighted by Gasteiger charge is 2.35. The van der Waals surface area contributed by atoms with E-state index in [-0.39, 0.29) is 11.5 Å². The van der Waals surface area contributed by atoms with Gasteiger partial charge in [-0.1, -0.05) is 32.9 Å². The first kappa shape index (κ1) is 15.4. The molecule has 0 bridgehead atoms. The number of aryl methyl sites for hydroxylation is 1. The monoisotopic (exact) mass is 315 g/mol. The first-order valence-electron chi connectivity index (χ1n) is 7.56. The number of nitrogens with zero attached hydrogens (tertiary/aromatic N) is 3. The number of fused-ring (bicyclic) bond motifs is 1. The van der Waals surface area contributed by atoms with Gasteiger partial charge in [0.05, 0.1) is 24.0 Å². The van der Waals surface area contributed by atoms with E-state index in [0.29, 0.717) is 12.2 Å². The highest BCUT2D eigenvalue weighted by molar-refractivity contribution is 5.94. The van der Waals surface area contributed by atoms with Crippen LogP contribution in [0.15, 0.2) is 30.7 Å². The lowest BCUT2D eigenvalue weighted by molar-refractivity contribution is 0.0144. The van der Waals surface area contributed by atoms with Crippen LogP contribution in [0.1, 0.15) is 26.3 Å². The average Bonchev–Trinajstić information content (AvgIpc) is 2.87. The van der Waals surface area contributed by atoms with Crippen molar-refractivity contribution < 1.29 is 14.6 Å². The van der Waals surface area contributed by atoms with Crippen molar-refractivity contribution in [2.24, 2.45) is 12.5 Å². The van der Waals surface area contributed by atoms with E-state index in [1.165, 1.54) is 4.90 Å². The molecule has 0 fully saturated rings. The predicted octanol–water partition coefficient (Wildman–Crippen LogP) is 3.30. The van der Waals surface area contributed by atoms with E-state index in [1.807, 2.05) is 46.0 Å². The lowest BCUT2D eigenvalue weighted by Crippen LogP contribution is -2.44. The van der Waals surface area contributed by atoms with Crippen LogP contribution in [0.25, 0.3) is 16.6 Å². The molecule has 23 heavy (non-hydrogen) atoms. The number of amides is 1. The molecule has 2 heterocycles. The fraction of sp³-hybridized carbons (Fsp3) is 0.412. The Balaban J connectivity index is 2.09. The van der Waals surface area contributed by atoms with Gasteiger partial charge in [0.1, 0.15) is 12.4 Å². The summed E-state index contributed by atoms with van der Waals surface area (Å²) >= 11 is 0. The van der Waals surface area contributed by atoms with Crippen molar-refractivity contribution in [1.82, 2.24) is 14.7 Å². The first-order valence-corrected chi connectivity index (χ1v) is 7.56. The normalized spacial score (nSPS) is 18.7. The largest absolute Gasteiger partial charge is 0.493 e. The molecule has 1 aromatic carbocycles. The molecule has 3 rings (SSSR count). The maximum atomic E-state index is 11.8. The number of ether oxygens (including phenoxy) is 1. The van der Waals surface area contributed by atoms with Crippen molar-refractivity contribution in [3.63, 3.8) is 0 Å². The number of rotatable bonds is 1. The summed E-state index contributed by atoms with van der Waals surface area (Å²) in [7, 11) is 1.86. The Morgan fingerprint density at radius 2 is 2.13 bits per heavy atom. The number of benzene rings is 1. The maximum absolute atomic E-state index is 11.8. The fourth-order valence-electron chi connectivity index (χ4n) is 2.79. The van der Waals surface area contributed by atoms with Crippen LogP contribution in [0.3, 0.4) is 0 Å². The van der Waals surface area contributed by atoms with Gasteiger partial charge in [-0.15, -0.1) is 0 Å². The van der Waals surface area contributed by atoms with Crippen LogP contribution in [0, 0.1) is 5.41 Å². The minimum absolute atomic E-state index is 0.143. The van der Waals surface area contributed by atoms with Gasteiger partial charge in [0, 0.05) is 23.4 Å². The van der Waals surface area contributed by atoms with E-state index in [0.717, 1.165) is 16.5 Å². The number of hydrogen-bond acceptors (Lipinski definition) is 3. The Bertz CT molecular complexity index is 786. The molecular weight excluding hydrogens is 294 g/mol. The molecule has 6 nitrogen and oxygen atoms in total. The summed E-state index contributed by atoms with van der Waals surface area (Å²) in [6.07, 6.45) is 2.15. The lowest BCUT2D eigenvalue weighted by atomic mass is 9.88. The Hall–Kier alpha value is -2.50. The Labute approximate surface area is 135 Å². The van der Waals surface area contributed by atoms with Gasteiger partial charge in [-0.25, -0.2) is 4.79 Å². The second kappa shape index (κ2) is 5.30. The van der Waals surface area contributed by atoms with Crippen LogP contribution in [0.4, 0.5) is 4.79 Å². The van der Waals surface area contributed by atoms with Gasteiger partial charge in [-0.2, -0.15) is 5.10 Å². The summed E-state index contributed by atoms with van der Waals surface area (Å²) < 4.78 is 7.62. The highest BCUT2D eigenvalue weighted by atomic mass is 16.5. The van der Waals surface area contributed by atoms with E-state index in [4.69, 9.17) is 4.74 Å². The average molecular weight is 315 g/mol. The molecule has 1 aliphatic rings. The van der Waals surface area contributed by atoms with Crippen molar-refractivity contribution in [1.29, 1.82) is 0 Å². The molecule has 0 saturated carbocycles. The second-order valence-corrected chi connectivity index (χ2v) is 6.89. The van der Waals surface area contributed by atoms with E-state index in [1.54, 1.807) is 17.1 Å². The van der Waals surface area contributed by atoms with Crippen molar-refractivity contribution in [2.45, 2.75) is 26.9 Å². The van der Waals surface area contributed by atoms with Crippen LogP contribution in [-0.2, 0) is 11.8 Å². The molecule has 1 aromatic heterocycles. The van der Waals surface area contributed by atoms with Gasteiger partial charge in [0.15, 0.2) is 0 Å². The topological polar surface area (TPSA) is 67.6 Å². The molecule has 122 valence electrons. The zero-order chi connectivity index (χ0) is 16.8. The van der Waals surface area contributed by atoms with Gasteiger partial charge in [0.2, 0.25) is 0 Å². The molecule has 0 radical (unpaired) electrons. The summed E-state index contributed by atoms with van der Waals surface area (Å²) in [6.45, 7) is 6.43. The van der Waals surface area contributed by atoms with Gasteiger partial charge < -0.3 is 9.84 Å². The molecule has 1 aliphatic heterocycles. The van der Waals surface area contributed by atoms with Gasteiger partial charge in [0.25, 0.3) is 0 Å². The van der Waals surface area contributed by atoms with Crippen LogP contribution in [0.2, 0.25) is 0 Å². The fourth-order valence-corrected chi connectivity index (χ4v) is 2.79. The third kappa shape index (κ3) is 2.65. The molecule has 0 saturated heterocycles. The van der Waals surface area contributed by atoms with Gasteiger partial charge in [-0.05, 0) is 6.07 Å². The molecule has 6 heteroatoms. The molecule has 1 amide bonds. The van der Waals surface area contributed by atoms with Crippen LogP contribution >= 0.6 is 0 Å². The van der Waals surface area contributed by atoms with E-state index in [9.17, 15) is 9.90 Å². The van der Waals surface area contributed by atoms with Crippen molar-refractivity contribution in [2.75, 3.05) is 6.54 Å². The van der Waals surface area contributed by atoms with Crippen molar-refractivity contribution in [3.8, 4) is 0 Å². The zero-order valence-electron chi connectivity index (χ0n) is 13.8. The zero-order valence-corrected chi connectivity index (χ0v) is 13.8. The Kier molecular flexibility index (Phi) is 3.55. The van der Waals surface area contributed by atoms with E-state index in [2.05, 4.69) is 5.10 Å². The Morgan fingerprint density at radius 1 is 1.39 bits per heavy atom. The smallest absolute Gasteiger partial charge is 0.412 e. The van der Waals surface area contributed by atoms with Crippen molar-refractivity contribution in [3.05, 3.63) is 36.2 Å². The van der Waals surface area contributed by atoms with Crippen LogP contribution < -0.4 is 0 Å². The summed E-state index contributed by atoms with van der Waals surface area (Å²) in [5.41, 5.74) is 2.17. The summed E-state index contributed by atoms with van der Waals surface area (Å²) in [5.74, 6) is 0. The molecule has 2 aromatic rings. The second-order valence-electron chi connectivity index (χ2n) is 6.89. The first-order chi connectivity index (χ1) is 10.8. The Morgan fingerprint density at radius 3 is 2.78 bits per heavy atom. The maximum Gasteiger partial charge on any atom is 0.412 e. The molecular formula is C17H21N3O3.